The Morgan fingerprint density at radius 1 is 1.19 bits per heavy atom. The molecule has 4 rings (SSSR count). The number of fused-ring (bicyclic) bond motifs is 1. The number of nitrogens with zero attached hydrogens (tertiary/aromatic N) is 1. The van der Waals surface area contributed by atoms with Crippen molar-refractivity contribution in [1.29, 1.82) is 0 Å². The zero-order valence-electron chi connectivity index (χ0n) is 15.8. The molecular formula is C24H27FNO. The van der Waals surface area contributed by atoms with Crippen molar-refractivity contribution in [3.63, 3.8) is 0 Å². The van der Waals surface area contributed by atoms with Crippen LogP contribution in [0.15, 0.2) is 48.5 Å². The number of ether oxygens (including phenoxy) is 1. The lowest BCUT2D eigenvalue weighted by Crippen LogP contribution is -2.26. The van der Waals surface area contributed by atoms with Gasteiger partial charge in [0.15, 0.2) is 0 Å². The first-order chi connectivity index (χ1) is 13.3. The molecular weight excluding hydrogens is 337 g/mol. The van der Waals surface area contributed by atoms with E-state index in [-0.39, 0.29) is 12.8 Å². The van der Waals surface area contributed by atoms with Crippen LogP contribution in [0.2, 0.25) is 0 Å². The maximum Gasteiger partial charge on any atom is 0.119 e. The molecule has 1 radical (unpaired) electrons. The lowest BCUT2D eigenvalue weighted by Gasteiger charge is -2.17. The minimum Gasteiger partial charge on any atom is -0.489 e. The molecule has 1 atom stereocenters. The zero-order valence-corrected chi connectivity index (χ0v) is 15.8. The van der Waals surface area contributed by atoms with Crippen LogP contribution in [0.25, 0.3) is 5.57 Å². The van der Waals surface area contributed by atoms with E-state index < -0.39 is 0 Å². The second-order valence-electron chi connectivity index (χ2n) is 7.49. The fourth-order valence-corrected chi connectivity index (χ4v) is 4.14. The quantitative estimate of drug-likeness (QED) is 0.710. The summed E-state index contributed by atoms with van der Waals surface area (Å²) in [5, 5.41) is 0. The van der Waals surface area contributed by atoms with Crippen LogP contribution in [-0.4, -0.2) is 37.3 Å². The van der Waals surface area contributed by atoms with Crippen molar-refractivity contribution in [2.24, 2.45) is 0 Å². The van der Waals surface area contributed by atoms with E-state index in [0.29, 0.717) is 6.42 Å². The highest BCUT2D eigenvalue weighted by Gasteiger charge is 2.23. The van der Waals surface area contributed by atoms with Gasteiger partial charge in [0, 0.05) is 19.6 Å². The van der Waals surface area contributed by atoms with Gasteiger partial charge in [0.2, 0.25) is 0 Å². The van der Waals surface area contributed by atoms with Crippen LogP contribution in [0.4, 0.5) is 4.39 Å². The van der Waals surface area contributed by atoms with Gasteiger partial charge >= 0.3 is 0 Å². The monoisotopic (exact) mass is 364 g/mol. The summed E-state index contributed by atoms with van der Waals surface area (Å²) in [6.07, 6.45) is 7.63. The summed E-state index contributed by atoms with van der Waals surface area (Å²) in [5.74, 6) is 0.923. The van der Waals surface area contributed by atoms with Crippen molar-refractivity contribution < 1.29 is 9.13 Å². The Hall–Kier alpha value is -2.13. The van der Waals surface area contributed by atoms with E-state index in [4.69, 9.17) is 4.74 Å². The predicted octanol–water partition coefficient (Wildman–Crippen LogP) is 5.07. The number of rotatable bonds is 6. The lowest BCUT2D eigenvalue weighted by molar-refractivity contribution is 0.198. The van der Waals surface area contributed by atoms with Crippen molar-refractivity contribution in [2.45, 2.75) is 38.2 Å². The normalized spacial score (nSPS) is 20.0. The standard InChI is InChI=1S/C24H27FNO/c25-15-5-16-26-17-14-22(18-26)27-21-12-10-20(11-13-21)24-9-4-2-7-19-6-1-3-8-23(19)24/h3,6,8-13,22H,2,4-5,7,14-18H2/t22-/m0/s1. The molecule has 2 aromatic carbocycles. The topological polar surface area (TPSA) is 12.5 Å². The minimum absolute atomic E-state index is 0.212. The Bertz CT molecular complexity index is 783. The third-order valence-corrected chi connectivity index (χ3v) is 5.54. The smallest absolute Gasteiger partial charge is 0.119 e. The van der Waals surface area contributed by atoms with Gasteiger partial charge in [-0.1, -0.05) is 36.4 Å². The summed E-state index contributed by atoms with van der Waals surface area (Å²) in [6, 6.07) is 18.0. The van der Waals surface area contributed by atoms with Crippen LogP contribution in [0.3, 0.4) is 0 Å². The summed E-state index contributed by atoms with van der Waals surface area (Å²) in [6.45, 7) is 2.50. The van der Waals surface area contributed by atoms with Gasteiger partial charge in [-0.05, 0) is 72.6 Å². The number of hydrogen-bond acceptors (Lipinski definition) is 2. The summed E-state index contributed by atoms with van der Waals surface area (Å²) in [4.78, 5) is 2.29. The number of aryl methyl sites for hydroxylation is 1. The molecule has 0 amide bonds. The molecule has 0 bridgehead atoms. The summed E-state index contributed by atoms with van der Waals surface area (Å²) in [7, 11) is 0. The van der Waals surface area contributed by atoms with E-state index in [1.807, 2.05) is 6.07 Å². The third-order valence-electron chi connectivity index (χ3n) is 5.54. The van der Waals surface area contributed by atoms with Crippen molar-refractivity contribution in [2.75, 3.05) is 26.3 Å². The van der Waals surface area contributed by atoms with Gasteiger partial charge < -0.3 is 4.74 Å². The molecule has 1 heterocycles. The number of likely N-dealkylation sites (tertiary alicyclic amines) is 1. The zero-order chi connectivity index (χ0) is 18.5. The molecule has 0 aromatic heterocycles. The van der Waals surface area contributed by atoms with Crippen molar-refractivity contribution >= 4 is 5.57 Å². The Kier molecular flexibility index (Phi) is 5.88. The molecule has 2 aromatic rings. The van der Waals surface area contributed by atoms with E-state index in [2.05, 4.69) is 53.4 Å². The van der Waals surface area contributed by atoms with Crippen molar-refractivity contribution in [1.82, 2.24) is 4.90 Å². The summed E-state index contributed by atoms with van der Waals surface area (Å²) < 4.78 is 18.5. The predicted molar refractivity (Wildman–Crippen MR) is 108 cm³/mol. The fraction of sp³-hybridized carbons (Fsp3) is 0.417. The molecule has 141 valence electrons. The number of halogens is 1. The van der Waals surface area contributed by atoms with E-state index >= 15 is 0 Å². The lowest BCUT2D eigenvalue weighted by atomic mass is 9.94. The van der Waals surface area contributed by atoms with E-state index in [1.54, 1.807) is 0 Å². The Morgan fingerprint density at radius 3 is 2.93 bits per heavy atom. The molecule has 27 heavy (non-hydrogen) atoms. The molecule has 2 aliphatic rings. The van der Waals surface area contributed by atoms with Crippen LogP contribution < -0.4 is 4.74 Å². The van der Waals surface area contributed by atoms with Crippen molar-refractivity contribution in [3.05, 3.63) is 71.3 Å². The van der Waals surface area contributed by atoms with E-state index in [0.717, 1.165) is 44.6 Å². The van der Waals surface area contributed by atoms with Gasteiger partial charge in [0.1, 0.15) is 11.9 Å². The van der Waals surface area contributed by atoms with Gasteiger partial charge in [0.05, 0.1) is 6.67 Å². The van der Waals surface area contributed by atoms with E-state index in [1.165, 1.54) is 28.7 Å². The van der Waals surface area contributed by atoms with Crippen molar-refractivity contribution in [3.8, 4) is 5.75 Å². The first kappa shape index (κ1) is 18.2. The summed E-state index contributed by atoms with van der Waals surface area (Å²) >= 11 is 0. The highest BCUT2D eigenvalue weighted by molar-refractivity contribution is 5.82. The molecule has 1 aliphatic carbocycles. The molecule has 1 fully saturated rings. The van der Waals surface area contributed by atoms with E-state index in [9.17, 15) is 4.39 Å². The van der Waals surface area contributed by atoms with Gasteiger partial charge in [-0.25, -0.2) is 0 Å². The van der Waals surface area contributed by atoms with Gasteiger partial charge in [-0.2, -0.15) is 0 Å². The second kappa shape index (κ2) is 8.71. The molecule has 3 heteroatoms. The molecule has 1 saturated heterocycles. The molecule has 0 N–H and O–H groups in total. The molecule has 1 aliphatic heterocycles. The molecule has 0 spiro atoms. The molecule has 2 nitrogen and oxygen atoms in total. The Balaban J connectivity index is 1.43. The highest BCUT2D eigenvalue weighted by atomic mass is 19.1. The maximum atomic E-state index is 12.3. The van der Waals surface area contributed by atoms with Crippen LogP contribution >= 0.6 is 0 Å². The van der Waals surface area contributed by atoms with Crippen LogP contribution in [0, 0.1) is 6.07 Å². The third kappa shape index (κ3) is 4.41. The van der Waals surface area contributed by atoms with Crippen LogP contribution in [0.1, 0.15) is 42.4 Å². The van der Waals surface area contributed by atoms with Gasteiger partial charge in [-0.3, -0.25) is 9.29 Å². The van der Waals surface area contributed by atoms with Crippen LogP contribution in [0.5, 0.6) is 5.75 Å². The average molecular weight is 364 g/mol. The molecule has 0 saturated carbocycles. The number of benzene rings is 2. The largest absolute Gasteiger partial charge is 0.489 e. The SMILES string of the molecule is FCCCN1CC[C@H](Oc2ccc(C3=CCCCc4c[c]ccc43)cc2)C1. The highest BCUT2D eigenvalue weighted by Crippen LogP contribution is 2.32. The second-order valence-corrected chi connectivity index (χ2v) is 7.49. The average Bonchev–Trinajstić information content (AvgIpc) is 3.03. The Labute approximate surface area is 161 Å². The number of alkyl halides is 1. The summed E-state index contributed by atoms with van der Waals surface area (Å²) in [5.41, 5.74) is 5.29. The van der Waals surface area contributed by atoms with Gasteiger partial charge in [-0.15, -0.1) is 0 Å². The van der Waals surface area contributed by atoms with Crippen LogP contribution in [-0.2, 0) is 6.42 Å². The van der Waals surface area contributed by atoms with Gasteiger partial charge in [0.25, 0.3) is 0 Å². The fourth-order valence-electron chi connectivity index (χ4n) is 4.14. The molecule has 0 unspecified atom stereocenters. The first-order valence-electron chi connectivity index (χ1n) is 10.1. The number of hydrogen-bond donors (Lipinski definition) is 0. The number of allylic oxidation sites excluding steroid dienone is 1. The minimum atomic E-state index is -0.236. The Morgan fingerprint density at radius 2 is 2.07 bits per heavy atom. The first-order valence-corrected chi connectivity index (χ1v) is 10.1. The maximum absolute atomic E-state index is 12.3.